The highest BCUT2D eigenvalue weighted by Gasteiger charge is 2.13. The molecule has 0 unspecified atom stereocenters. The van der Waals surface area contributed by atoms with Crippen LogP contribution in [0.25, 0.3) is 10.2 Å². The van der Waals surface area contributed by atoms with Gasteiger partial charge in [0.05, 0.1) is 27.8 Å². The first-order valence-corrected chi connectivity index (χ1v) is 8.81. The van der Waals surface area contributed by atoms with E-state index in [1.165, 1.54) is 42.7 Å². The first-order valence-electron chi connectivity index (χ1n) is 7.99. The number of aryl methyl sites for hydroxylation is 1. The number of fused-ring (bicyclic) bond motifs is 1. The van der Waals surface area contributed by atoms with Gasteiger partial charge in [0.25, 0.3) is 11.6 Å². The van der Waals surface area contributed by atoms with Gasteiger partial charge in [-0.15, -0.1) is 0 Å². The molecule has 0 N–H and O–H groups in total. The number of nitrogens with zero attached hydrogens (tertiary/aromatic N) is 3. The maximum atomic E-state index is 12.5. The van der Waals surface area contributed by atoms with Crippen LogP contribution in [0.4, 0.5) is 5.69 Å². The normalized spacial score (nSPS) is 11.6. The number of benzene rings is 2. The number of rotatable bonds is 4. The topological polar surface area (TPSA) is 104 Å². The van der Waals surface area contributed by atoms with Crippen molar-refractivity contribution < 1.29 is 19.2 Å². The number of esters is 1. The Kier molecular flexibility index (Phi) is 5.13. The van der Waals surface area contributed by atoms with E-state index in [1.807, 2.05) is 11.5 Å². The van der Waals surface area contributed by atoms with Crippen molar-refractivity contribution in [3.63, 3.8) is 0 Å². The van der Waals surface area contributed by atoms with Gasteiger partial charge in [0.2, 0.25) is 0 Å². The summed E-state index contributed by atoms with van der Waals surface area (Å²) in [6.45, 7) is 2.48. The van der Waals surface area contributed by atoms with Crippen LogP contribution in [-0.2, 0) is 11.3 Å². The SMILES string of the molecule is CCn1c(=NC(=O)c2cccc([N+](=O)[O-])c2)sc2cc(C(=O)OC)ccc21. The lowest BCUT2D eigenvalue weighted by atomic mass is 10.2. The second-order valence-electron chi connectivity index (χ2n) is 5.53. The molecule has 9 heteroatoms. The summed E-state index contributed by atoms with van der Waals surface area (Å²) in [5.41, 5.74) is 1.21. The molecular formula is C18H15N3O5S. The van der Waals surface area contributed by atoms with Crippen molar-refractivity contribution in [1.29, 1.82) is 0 Å². The molecule has 0 fully saturated rings. The van der Waals surface area contributed by atoms with E-state index in [4.69, 9.17) is 4.74 Å². The van der Waals surface area contributed by atoms with E-state index >= 15 is 0 Å². The molecule has 0 bridgehead atoms. The summed E-state index contributed by atoms with van der Waals surface area (Å²) in [6.07, 6.45) is 0. The fourth-order valence-corrected chi connectivity index (χ4v) is 3.74. The number of methoxy groups -OCH3 is 1. The molecule has 138 valence electrons. The lowest BCUT2D eigenvalue weighted by Gasteiger charge is -2.02. The molecule has 3 rings (SSSR count). The van der Waals surface area contributed by atoms with Crippen molar-refractivity contribution in [1.82, 2.24) is 4.57 Å². The zero-order valence-corrected chi connectivity index (χ0v) is 15.4. The standard InChI is InChI=1S/C18H15N3O5S/c1-3-20-14-8-7-12(17(23)26-2)10-15(14)27-18(20)19-16(22)11-5-4-6-13(9-11)21(24)25/h4-10H,3H2,1-2H3. The summed E-state index contributed by atoms with van der Waals surface area (Å²) in [6, 6.07) is 10.6. The number of non-ortho nitro benzene ring substituents is 1. The molecule has 0 radical (unpaired) electrons. The van der Waals surface area contributed by atoms with E-state index in [-0.39, 0.29) is 11.3 Å². The van der Waals surface area contributed by atoms with Gasteiger partial charge in [0.15, 0.2) is 4.80 Å². The van der Waals surface area contributed by atoms with Crippen molar-refractivity contribution in [3.05, 3.63) is 68.5 Å². The summed E-state index contributed by atoms with van der Waals surface area (Å²) in [4.78, 5) is 39.1. The molecule has 0 aliphatic heterocycles. The molecule has 1 aromatic heterocycles. The molecule has 3 aromatic rings. The van der Waals surface area contributed by atoms with Crippen molar-refractivity contribution >= 4 is 39.1 Å². The summed E-state index contributed by atoms with van der Waals surface area (Å²) >= 11 is 1.26. The molecule has 0 spiro atoms. The molecule has 0 saturated heterocycles. The molecule has 1 heterocycles. The average Bonchev–Trinajstić information content (AvgIpc) is 3.03. The van der Waals surface area contributed by atoms with Crippen LogP contribution in [0.5, 0.6) is 0 Å². The van der Waals surface area contributed by atoms with E-state index in [1.54, 1.807) is 18.2 Å². The quantitative estimate of drug-likeness (QED) is 0.390. The van der Waals surface area contributed by atoms with Crippen LogP contribution in [-0.4, -0.2) is 28.5 Å². The molecule has 0 saturated carbocycles. The summed E-state index contributed by atoms with van der Waals surface area (Å²) in [5, 5.41) is 10.9. The third-order valence-electron chi connectivity index (χ3n) is 3.92. The van der Waals surface area contributed by atoms with E-state index in [0.29, 0.717) is 16.9 Å². The van der Waals surface area contributed by atoms with Crippen molar-refractivity contribution in [2.75, 3.05) is 7.11 Å². The van der Waals surface area contributed by atoms with Gasteiger partial charge in [-0.05, 0) is 31.2 Å². The zero-order chi connectivity index (χ0) is 19.6. The molecule has 0 aliphatic rings. The van der Waals surface area contributed by atoms with Gasteiger partial charge in [-0.2, -0.15) is 4.99 Å². The minimum Gasteiger partial charge on any atom is -0.465 e. The van der Waals surface area contributed by atoms with Gasteiger partial charge in [-0.25, -0.2) is 4.79 Å². The first-order chi connectivity index (χ1) is 12.9. The monoisotopic (exact) mass is 385 g/mol. The second-order valence-corrected chi connectivity index (χ2v) is 6.54. The number of hydrogen-bond acceptors (Lipinski definition) is 6. The maximum Gasteiger partial charge on any atom is 0.337 e. The number of amides is 1. The number of thiazole rings is 1. The molecule has 8 nitrogen and oxygen atoms in total. The van der Waals surface area contributed by atoms with Gasteiger partial charge >= 0.3 is 5.97 Å². The largest absolute Gasteiger partial charge is 0.465 e. The van der Waals surface area contributed by atoms with Gasteiger partial charge in [0, 0.05) is 24.2 Å². The van der Waals surface area contributed by atoms with Gasteiger partial charge < -0.3 is 9.30 Å². The summed E-state index contributed by atoms with van der Waals surface area (Å²) in [7, 11) is 1.31. The number of carbonyl (C=O) groups is 2. The Hall–Kier alpha value is -3.33. The highest BCUT2D eigenvalue weighted by atomic mass is 32.1. The Bertz CT molecular complexity index is 1130. The number of hydrogen-bond donors (Lipinski definition) is 0. The third-order valence-corrected chi connectivity index (χ3v) is 4.96. The Labute approximate surface area is 157 Å². The molecule has 27 heavy (non-hydrogen) atoms. The Morgan fingerprint density at radius 1 is 1.22 bits per heavy atom. The Morgan fingerprint density at radius 3 is 2.67 bits per heavy atom. The smallest absolute Gasteiger partial charge is 0.337 e. The predicted octanol–water partition coefficient (Wildman–Crippen LogP) is 3.16. The molecule has 2 aromatic carbocycles. The molecular weight excluding hydrogens is 370 g/mol. The van der Waals surface area contributed by atoms with Crippen LogP contribution in [0.15, 0.2) is 47.5 Å². The molecule has 0 atom stereocenters. The van der Waals surface area contributed by atoms with Crippen molar-refractivity contribution in [2.24, 2.45) is 4.99 Å². The van der Waals surface area contributed by atoms with E-state index < -0.39 is 16.8 Å². The minimum absolute atomic E-state index is 0.138. The fraction of sp³-hybridized carbons (Fsp3) is 0.167. The number of nitro groups is 1. The average molecular weight is 385 g/mol. The third kappa shape index (κ3) is 3.63. The van der Waals surface area contributed by atoms with Gasteiger partial charge in [0.1, 0.15) is 0 Å². The number of nitro benzene ring substituents is 1. The van der Waals surface area contributed by atoms with Crippen LogP contribution in [0.3, 0.4) is 0 Å². The van der Waals surface area contributed by atoms with Crippen LogP contribution in [0, 0.1) is 10.1 Å². The Balaban J connectivity index is 2.09. The summed E-state index contributed by atoms with van der Waals surface area (Å²) in [5.74, 6) is -1.01. The summed E-state index contributed by atoms with van der Waals surface area (Å²) < 4.78 is 7.35. The van der Waals surface area contributed by atoms with Crippen molar-refractivity contribution in [3.8, 4) is 0 Å². The highest BCUT2D eigenvalue weighted by Crippen LogP contribution is 2.20. The van der Waals surface area contributed by atoms with Gasteiger partial charge in [-0.3, -0.25) is 14.9 Å². The number of carbonyl (C=O) groups excluding carboxylic acids is 2. The maximum absolute atomic E-state index is 12.5. The van der Waals surface area contributed by atoms with Crippen LogP contribution in [0.1, 0.15) is 27.6 Å². The van der Waals surface area contributed by atoms with Crippen LogP contribution >= 0.6 is 11.3 Å². The fourth-order valence-electron chi connectivity index (χ4n) is 2.61. The highest BCUT2D eigenvalue weighted by molar-refractivity contribution is 7.16. The number of ether oxygens (including phenoxy) is 1. The predicted molar refractivity (Wildman–Crippen MR) is 99.8 cm³/mol. The Morgan fingerprint density at radius 2 is 2.00 bits per heavy atom. The minimum atomic E-state index is -0.569. The van der Waals surface area contributed by atoms with E-state index in [0.717, 1.165) is 10.2 Å². The lowest BCUT2D eigenvalue weighted by molar-refractivity contribution is -0.384. The first kappa shape index (κ1) is 18.5. The molecule has 1 amide bonds. The van der Waals surface area contributed by atoms with Gasteiger partial charge in [-0.1, -0.05) is 17.4 Å². The molecule has 0 aliphatic carbocycles. The lowest BCUT2D eigenvalue weighted by Crippen LogP contribution is -2.16. The van der Waals surface area contributed by atoms with Crippen LogP contribution in [0.2, 0.25) is 0 Å². The number of aromatic nitrogens is 1. The van der Waals surface area contributed by atoms with E-state index in [9.17, 15) is 19.7 Å². The van der Waals surface area contributed by atoms with Crippen molar-refractivity contribution in [2.45, 2.75) is 13.5 Å². The second kappa shape index (κ2) is 7.50. The zero-order valence-electron chi connectivity index (χ0n) is 14.5. The van der Waals surface area contributed by atoms with E-state index in [2.05, 4.69) is 4.99 Å². The van der Waals surface area contributed by atoms with Crippen LogP contribution < -0.4 is 4.80 Å².